The number of thiophene rings is 1. The minimum atomic E-state index is -0.187. The largest absolute Gasteiger partial charge is 0.307 e. The standard InChI is InChI=1S/C18H21N3OS.ClH/c1-12-9-14(10-15(20-12)13-5-3-2-4-6-13)18-19-11-17-16(21(18)22)7-8-23-17;/h2-8,11-12,14-15,18,20,22H,9-10H2,1H3;1H. The topological polar surface area (TPSA) is 47.9 Å². The number of halogens is 1. The van der Waals surface area contributed by atoms with Gasteiger partial charge in [0.2, 0.25) is 0 Å². The van der Waals surface area contributed by atoms with E-state index in [-0.39, 0.29) is 18.6 Å². The van der Waals surface area contributed by atoms with Gasteiger partial charge in [-0.1, -0.05) is 30.3 Å². The number of nitrogens with one attached hydrogen (secondary N) is 1. The second-order valence-corrected chi connectivity index (χ2v) is 7.42. The molecular weight excluding hydrogens is 342 g/mol. The van der Waals surface area contributed by atoms with Gasteiger partial charge in [0.1, 0.15) is 6.17 Å². The number of piperidine rings is 1. The van der Waals surface area contributed by atoms with E-state index in [1.54, 1.807) is 11.3 Å². The van der Waals surface area contributed by atoms with E-state index in [1.807, 2.05) is 23.7 Å². The van der Waals surface area contributed by atoms with E-state index < -0.39 is 0 Å². The van der Waals surface area contributed by atoms with Gasteiger partial charge in [-0.05, 0) is 36.8 Å². The van der Waals surface area contributed by atoms with Crippen molar-refractivity contribution in [2.75, 3.05) is 5.06 Å². The van der Waals surface area contributed by atoms with Crippen molar-refractivity contribution in [1.29, 1.82) is 0 Å². The molecule has 0 saturated carbocycles. The molecule has 3 heterocycles. The number of hydrogen-bond donors (Lipinski definition) is 2. The van der Waals surface area contributed by atoms with Crippen molar-refractivity contribution >= 4 is 35.6 Å². The zero-order chi connectivity index (χ0) is 15.8. The molecule has 2 aliphatic rings. The maximum Gasteiger partial charge on any atom is 0.148 e. The van der Waals surface area contributed by atoms with Crippen LogP contribution < -0.4 is 10.4 Å². The lowest BCUT2D eigenvalue weighted by Gasteiger charge is -2.40. The fourth-order valence-electron chi connectivity index (χ4n) is 3.76. The first-order valence-corrected chi connectivity index (χ1v) is 9.00. The molecule has 4 nitrogen and oxygen atoms in total. The monoisotopic (exact) mass is 363 g/mol. The summed E-state index contributed by atoms with van der Waals surface area (Å²) in [5.41, 5.74) is 2.20. The van der Waals surface area contributed by atoms with Crippen molar-refractivity contribution < 1.29 is 5.21 Å². The fraction of sp³-hybridized carbons (Fsp3) is 0.389. The Balaban J connectivity index is 0.00000169. The Hall–Kier alpha value is -1.40. The third-order valence-corrected chi connectivity index (χ3v) is 5.66. The molecule has 128 valence electrons. The molecule has 4 unspecified atom stereocenters. The first-order valence-electron chi connectivity index (χ1n) is 8.12. The third kappa shape index (κ3) is 3.22. The molecule has 1 fully saturated rings. The maximum absolute atomic E-state index is 10.6. The molecule has 1 aromatic heterocycles. The number of rotatable bonds is 2. The number of nitrogens with zero attached hydrogens (tertiary/aromatic N) is 2. The Labute approximate surface area is 152 Å². The zero-order valence-corrected chi connectivity index (χ0v) is 15.1. The molecular formula is C18H22ClN3OS. The molecule has 0 bridgehead atoms. The summed E-state index contributed by atoms with van der Waals surface area (Å²) in [6.45, 7) is 2.21. The van der Waals surface area contributed by atoms with E-state index in [4.69, 9.17) is 0 Å². The van der Waals surface area contributed by atoms with Crippen LogP contribution in [-0.4, -0.2) is 23.6 Å². The predicted molar refractivity (Wildman–Crippen MR) is 102 cm³/mol. The molecule has 0 aliphatic carbocycles. The number of anilines is 1. The summed E-state index contributed by atoms with van der Waals surface area (Å²) in [4.78, 5) is 5.68. The Kier molecular flexibility index (Phi) is 5.25. The second-order valence-electron chi connectivity index (χ2n) is 6.47. The van der Waals surface area contributed by atoms with Gasteiger partial charge in [0, 0.05) is 24.2 Å². The molecule has 4 rings (SSSR count). The Bertz CT molecular complexity index is 705. The van der Waals surface area contributed by atoms with Crippen LogP contribution >= 0.6 is 23.7 Å². The van der Waals surface area contributed by atoms with Crippen molar-refractivity contribution in [3.05, 3.63) is 52.2 Å². The Morgan fingerprint density at radius 1 is 1.21 bits per heavy atom. The molecule has 2 N–H and O–H groups in total. The van der Waals surface area contributed by atoms with Gasteiger partial charge in [0.15, 0.2) is 0 Å². The lowest BCUT2D eigenvalue weighted by molar-refractivity contribution is 0.141. The minimum Gasteiger partial charge on any atom is -0.307 e. The van der Waals surface area contributed by atoms with E-state index in [0.717, 1.165) is 23.4 Å². The molecule has 0 radical (unpaired) electrons. The van der Waals surface area contributed by atoms with Crippen molar-refractivity contribution in [2.45, 2.75) is 38.0 Å². The highest BCUT2D eigenvalue weighted by Gasteiger charge is 2.36. The van der Waals surface area contributed by atoms with Crippen LogP contribution in [0.5, 0.6) is 0 Å². The van der Waals surface area contributed by atoms with Crippen LogP contribution in [-0.2, 0) is 0 Å². The summed E-state index contributed by atoms with van der Waals surface area (Å²) >= 11 is 1.61. The van der Waals surface area contributed by atoms with E-state index >= 15 is 0 Å². The summed E-state index contributed by atoms with van der Waals surface area (Å²) in [5, 5.41) is 17.7. The van der Waals surface area contributed by atoms with Crippen LogP contribution in [0.15, 0.2) is 46.8 Å². The molecule has 1 saturated heterocycles. The summed E-state index contributed by atoms with van der Waals surface area (Å²) in [5.74, 6) is 0.325. The van der Waals surface area contributed by atoms with Crippen molar-refractivity contribution in [2.24, 2.45) is 10.9 Å². The van der Waals surface area contributed by atoms with E-state index in [0.29, 0.717) is 18.0 Å². The minimum absolute atomic E-state index is 0. The smallest absolute Gasteiger partial charge is 0.148 e. The summed E-state index contributed by atoms with van der Waals surface area (Å²) in [6, 6.07) is 13.3. The Morgan fingerprint density at radius 2 is 2.00 bits per heavy atom. The van der Waals surface area contributed by atoms with Crippen molar-refractivity contribution in [3.8, 4) is 0 Å². The lowest BCUT2D eigenvalue weighted by atomic mass is 9.83. The lowest BCUT2D eigenvalue weighted by Crippen LogP contribution is -2.47. The molecule has 2 aromatic rings. The first-order chi connectivity index (χ1) is 11.2. The van der Waals surface area contributed by atoms with Gasteiger partial charge in [-0.3, -0.25) is 10.2 Å². The van der Waals surface area contributed by atoms with Crippen LogP contribution in [0.1, 0.15) is 36.2 Å². The summed E-state index contributed by atoms with van der Waals surface area (Å²) in [6.07, 6.45) is 3.73. The van der Waals surface area contributed by atoms with Crippen LogP contribution in [0.4, 0.5) is 5.69 Å². The summed E-state index contributed by atoms with van der Waals surface area (Å²) < 4.78 is 0. The zero-order valence-electron chi connectivity index (χ0n) is 13.5. The van der Waals surface area contributed by atoms with Crippen LogP contribution in [0.25, 0.3) is 0 Å². The number of aliphatic imine (C=N–C) groups is 1. The Morgan fingerprint density at radius 3 is 2.79 bits per heavy atom. The molecule has 24 heavy (non-hydrogen) atoms. The molecule has 6 heteroatoms. The average Bonchev–Trinajstić information content (AvgIpc) is 3.05. The quantitative estimate of drug-likeness (QED) is 0.838. The molecule has 4 atom stereocenters. The van der Waals surface area contributed by atoms with Gasteiger partial charge in [0.05, 0.1) is 10.6 Å². The number of hydrogen-bond acceptors (Lipinski definition) is 5. The fourth-order valence-corrected chi connectivity index (χ4v) is 4.51. The predicted octanol–water partition coefficient (Wildman–Crippen LogP) is 4.25. The summed E-state index contributed by atoms with van der Waals surface area (Å²) in [7, 11) is 0. The van der Waals surface area contributed by atoms with Gasteiger partial charge in [0.25, 0.3) is 0 Å². The molecule has 2 aliphatic heterocycles. The van der Waals surface area contributed by atoms with Crippen LogP contribution in [0.3, 0.4) is 0 Å². The second kappa shape index (κ2) is 7.23. The van der Waals surface area contributed by atoms with Gasteiger partial charge < -0.3 is 5.32 Å². The van der Waals surface area contributed by atoms with Crippen molar-refractivity contribution in [3.63, 3.8) is 0 Å². The number of fused-ring (bicyclic) bond motifs is 1. The van der Waals surface area contributed by atoms with Gasteiger partial charge in [-0.2, -0.15) is 0 Å². The van der Waals surface area contributed by atoms with Crippen molar-refractivity contribution in [1.82, 2.24) is 5.32 Å². The molecule has 0 spiro atoms. The van der Waals surface area contributed by atoms with E-state index in [2.05, 4.69) is 41.5 Å². The maximum atomic E-state index is 10.6. The van der Waals surface area contributed by atoms with E-state index in [1.165, 1.54) is 10.6 Å². The van der Waals surface area contributed by atoms with Gasteiger partial charge >= 0.3 is 0 Å². The van der Waals surface area contributed by atoms with E-state index in [9.17, 15) is 5.21 Å². The first kappa shape index (κ1) is 17.4. The van der Waals surface area contributed by atoms with Crippen LogP contribution in [0, 0.1) is 5.92 Å². The highest BCUT2D eigenvalue weighted by atomic mass is 35.5. The van der Waals surface area contributed by atoms with Gasteiger partial charge in [-0.15, -0.1) is 23.7 Å². The third-order valence-electron chi connectivity index (χ3n) is 4.82. The van der Waals surface area contributed by atoms with Gasteiger partial charge in [-0.25, -0.2) is 5.06 Å². The number of hydroxylamine groups is 1. The highest BCUT2D eigenvalue weighted by molar-refractivity contribution is 7.12. The highest BCUT2D eigenvalue weighted by Crippen LogP contribution is 2.38. The average molecular weight is 364 g/mol. The molecule has 1 aromatic carbocycles. The number of benzene rings is 1. The SMILES string of the molecule is CC1CC(C2N=Cc3sccc3N2O)CC(c2ccccc2)N1.Cl. The normalized spacial score (nSPS) is 29.0. The van der Waals surface area contributed by atoms with Crippen LogP contribution in [0.2, 0.25) is 0 Å². The molecule has 0 amide bonds.